The van der Waals surface area contributed by atoms with Crippen LogP contribution in [-0.4, -0.2) is 5.97 Å². The molecule has 0 rings (SSSR count). The Labute approximate surface area is 165 Å². The third kappa shape index (κ3) is 24.1. The largest absolute Gasteiger partial charge is 1.00 e. The van der Waals surface area contributed by atoms with Gasteiger partial charge in [-0.25, -0.2) is 0 Å². The Morgan fingerprint density at radius 1 is 0.739 bits per heavy atom. The van der Waals surface area contributed by atoms with Crippen molar-refractivity contribution in [1.29, 1.82) is 0 Å². The number of carbonyl (C=O) groups excluding carboxylic acids is 1. The van der Waals surface area contributed by atoms with Crippen LogP contribution in [0.5, 0.6) is 0 Å². The molecule has 0 saturated carbocycles. The molecule has 126 valence electrons. The van der Waals surface area contributed by atoms with Crippen molar-refractivity contribution in [1.82, 2.24) is 0 Å². The number of carbonyl (C=O) groups is 1. The summed E-state index contributed by atoms with van der Waals surface area (Å²) in [5.74, 6) is -0.935. The van der Waals surface area contributed by atoms with Gasteiger partial charge in [0.15, 0.2) is 0 Å². The summed E-state index contributed by atoms with van der Waals surface area (Å²) in [6, 6.07) is 0. The molecule has 0 saturated heterocycles. The van der Waals surface area contributed by atoms with Gasteiger partial charge in [0.2, 0.25) is 0 Å². The molecule has 0 amide bonds. The van der Waals surface area contributed by atoms with E-state index < -0.39 is 5.97 Å². The fourth-order valence-corrected chi connectivity index (χ4v) is 2.18. The molecule has 2 nitrogen and oxygen atoms in total. The summed E-state index contributed by atoms with van der Waals surface area (Å²) in [6.07, 6.45) is 25.9. The van der Waals surface area contributed by atoms with E-state index in [4.69, 9.17) is 0 Å². The van der Waals surface area contributed by atoms with Crippen LogP contribution >= 0.6 is 0 Å². The molecule has 23 heavy (non-hydrogen) atoms. The van der Waals surface area contributed by atoms with Crippen LogP contribution in [0.2, 0.25) is 0 Å². The Morgan fingerprint density at radius 2 is 1.22 bits per heavy atom. The van der Waals surface area contributed by atoms with Crippen LogP contribution in [0.15, 0.2) is 36.5 Å². The number of aliphatic carboxylic acids is 1. The van der Waals surface area contributed by atoms with Gasteiger partial charge in [0.1, 0.15) is 0 Å². The van der Waals surface area contributed by atoms with Crippen LogP contribution in [0, 0.1) is 0 Å². The van der Waals surface area contributed by atoms with Crippen molar-refractivity contribution in [3.63, 3.8) is 0 Å². The van der Waals surface area contributed by atoms with Crippen molar-refractivity contribution in [2.45, 2.75) is 84.0 Å². The molecule has 0 N–H and O–H groups in total. The zero-order chi connectivity index (χ0) is 16.3. The van der Waals surface area contributed by atoms with Gasteiger partial charge < -0.3 is 9.90 Å². The van der Waals surface area contributed by atoms with Crippen molar-refractivity contribution in [2.75, 3.05) is 0 Å². The van der Waals surface area contributed by atoms with E-state index in [1.165, 1.54) is 32.1 Å². The van der Waals surface area contributed by atoms with Gasteiger partial charge >= 0.3 is 29.6 Å². The predicted molar refractivity (Wildman–Crippen MR) is 93.5 cm³/mol. The SMILES string of the molecule is CCCCCCC=CCC=CCC=CCCCCCC(=O)[O-].[Na+]. The second-order valence-corrected chi connectivity index (χ2v) is 5.71. The molecular weight excluding hydrogens is 295 g/mol. The number of carboxylic acids is 1. The van der Waals surface area contributed by atoms with Gasteiger partial charge in [0.05, 0.1) is 0 Å². The monoisotopic (exact) mass is 328 g/mol. The zero-order valence-electron chi connectivity index (χ0n) is 15.3. The van der Waals surface area contributed by atoms with Crippen LogP contribution < -0.4 is 34.7 Å². The number of rotatable bonds is 15. The average molecular weight is 328 g/mol. The van der Waals surface area contributed by atoms with Gasteiger partial charge in [-0.15, -0.1) is 0 Å². The Morgan fingerprint density at radius 3 is 1.70 bits per heavy atom. The van der Waals surface area contributed by atoms with Crippen molar-refractivity contribution in [2.24, 2.45) is 0 Å². The molecule has 0 spiro atoms. The average Bonchev–Trinajstić information content (AvgIpc) is 2.50. The normalized spacial score (nSPS) is 11.5. The Hall–Kier alpha value is -0.310. The van der Waals surface area contributed by atoms with E-state index in [1.54, 1.807) is 0 Å². The molecule has 0 aliphatic carbocycles. The summed E-state index contributed by atoms with van der Waals surface area (Å²) >= 11 is 0. The van der Waals surface area contributed by atoms with E-state index in [2.05, 4.69) is 43.4 Å². The molecule has 0 aliphatic rings. The van der Waals surface area contributed by atoms with E-state index >= 15 is 0 Å². The molecule has 0 aromatic heterocycles. The molecule has 0 heterocycles. The molecule has 0 aromatic carbocycles. The summed E-state index contributed by atoms with van der Waals surface area (Å²) in [5.41, 5.74) is 0. The van der Waals surface area contributed by atoms with E-state index in [0.29, 0.717) is 0 Å². The zero-order valence-corrected chi connectivity index (χ0v) is 17.3. The van der Waals surface area contributed by atoms with Crippen molar-refractivity contribution in [3.05, 3.63) is 36.5 Å². The van der Waals surface area contributed by atoms with Gasteiger partial charge in [-0.3, -0.25) is 0 Å². The maximum Gasteiger partial charge on any atom is 1.00 e. The van der Waals surface area contributed by atoms with Crippen LogP contribution in [0.3, 0.4) is 0 Å². The maximum absolute atomic E-state index is 10.2. The Balaban J connectivity index is 0. The summed E-state index contributed by atoms with van der Waals surface area (Å²) < 4.78 is 0. The minimum absolute atomic E-state index is 0. The summed E-state index contributed by atoms with van der Waals surface area (Å²) in [7, 11) is 0. The number of unbranched alkanes of at least 4 members (excludes halogenated alkanes) is 7. The van der Waals surface area contributed by atoms with Gasteiger partial charge in [-0.1, -0.05) is 69.1 Å². The van der Waals surface area contributed by atoms with Crippen LogP contribution in [0.4, 0.5) is 0 Å². The van der Waals surface area contributed by atoms with E-state index in [1.807, 2.05) is 0 Å². The minimum atomic E-state index is -0.935. The van der Waals surface area contributed by atoms with E-state index in [0.717, 1.165) is 38.5 Å². The molecule has 0 aliphatic heterocycles. The molecule has 0 atom stereocenters. The van der Waals surface area contributed by atoms with Gasteiger partial charge in [-0.05, 0) is 51.4 Å². The van der Waals surface area contributed by atoms with Gasteiger partial charge in [0, 0.05) is 5.97 Å². The van der Waals surface area contributed by atoms with Crippen LogP contribution in [0.1, 0.15) is 84.0 Å². The summed E-state index contributed by atoms with van der Waals surface area (Å²) in [4.78, 5) is 10.2. The first-order valence-corrected chi connectivity index (χ1v) is 8.92. The van der Waals surface area contributed by atoms with Crippen molar-refractivity contribution in [3.8, 4) is 0 Å². The van der Waals surface area contributed by atoms with E-state index in [-0.39, 0.29) is 36.0 Å². The fraction of sp³-hybridized carbons (Fsp3) is 0.650. The third-order valence-electron chi connectivity index (χ3n) is 3.52. The van der Waals surface area contributed by atoms with Crippen LogP contribution in [0.25, 0.3) is 0 Å². The second-order valence-electron chi connectivity index (χ2n) is 5.71. The molecule has 0 unspecified atom stereocenters. The third-order valence-corrected chi connectivity index (χ3v) is 3.52. The standard InChI is InChI=1S/C20H34O2.Na/c1-2-3-4-5-6-7-8-9-10-11-12-13-14-15-16-17-18-19-20(21)22;/h7-8,10-11,13-14H,2-6,9,12,15-19H2,1H3,(H,21,22);/q;+1/p-1. The molecular formula is C20H33NaO2. The van der Waals surface area contributed by atoms with Crippen LogP contribution in [-0.2, 0) is 4.79 Å². The van der Waals surface area contributed by atoms with Gasteiger partial charge in [0.25, 0.3) is 0 Å². The number of carboxylic acid groups (broad SMARTS) is 1. The minimum Gasteiger partial charge on any atom is -0.550 e. The molecule has 0 aromatic rings. The first kappa shape index (κ1) is 24.9. The smallest absolute Gasteiger partial charge is 0.550 e. The molecule has 0 radical (unpaired) electrons. The number of allylic oxidation sites excluding steroid dienone is 6. The first-order chi connectivity index (χ1) is 10.8. The predicted octanol–water partition coefficient (Wildman–Crippen LogP) is 2.11. The second kappa shape index (κ2) is 21.7. The number of hydrogen-bond donors (Lipinski definition) is 0. The quantitative estimate of drug-likeness (QED) is 0.262. The Bertz CT molecular complexity index is 333. The van der Waals surface area contributed by atoms with Gasteiger partial charge in [-0.2, -0.15) is 0 Å². The van der Waals surface area contributed by atoms with Crippen molar-refractivity contribution < 1.29 is 39.5 Å². The first-order valence-electron chi connectivity index (χ1n) is 8.92. The molecule has 0 fully saturated rings. The fourth-order valence-electron chi connectivity index (χ4n) is 2.18. The summed E-state index contributed by atoms with van der Waals surface area (Å²) in [5, 5.41) is 10.2. The number of hydrogen-bond acceptors (Lipinski definition) is 2. The van der Waals surface area contributed by atoms with E-state index in [9.17, 15) is 9.90 Å². The molecule has 3 heteroatoms. The Kier molecular flexibility index (Phi) is 23.5. The maximum atomic E-state index is 10.2. The summed E-state index contributed by atoms with van der Waals surface area (Å²) in [6.45, 7) is 2.24. The molecule has 0 bridgehead atoms. The topological polar surface area (TPSA) is 40.1 Å². The van der Waals surface area contributed by atoms with Crippen molar-refractivity contribution >= 4 is 5.97 Å².